The third-order valence-electron chi connectivity index (χ3n) is 1.24. The first kappa shape index (κ1) is 5.53. The minimum Gasteiger partial charge on any atom is -0.364 e. The zero-order chi connectivity index (χ0) is 11.6. The van der Waals surface area contributed by atoms with Crippen molar-refractivity contribution in [3.63, 3.8) is 0 Å². The van der Waals surface area contributed by atoms with Gasteiger partial charge in [0.25, 0.3) is 5.91 Å². The van der Waals surface area contributed by atoms with Gasteiger partial charge in [0.1, 0.15) is 0 Å². The van der Waals surface area contributed by atoms with Crippen LogP contribution in [-0.2, 0) is 0 Å². The van der Waals surface area contributed by atoms with E-state index in [0.717, 1.165) is 18.0 Å². The van der Waals surface area contributed by atoms with Gasteiger partial charge in [-0.3, -0.25) is 4.79 Å². The summed E-state index contributed by atoms with van der Waals surface area (Å²) < 4.78 is 21.8. The van der Waals surface area contributed by atoms with Crippen LogP contribution in [0, 0.1) is 6.85 Å². The largest absolute Gasteiger partial charge is 0.364 e. The number of nitrogens with two attached hydrogens (primary N) is 1. The topological polar surface area (TPSA) is 68.9 Å². The molecule has 0 aromatic carbocycles. The van der Waals surface area contributed by atoms with Gasteiger partial charge in [0, 0.05) is 9.01 Å². The van der Waals surface area contributed by atoms with Gasteiger partial charge in [-0.05, 0) is 18.7 Å². The molecule has 0 atom stereocenters. The molecule has 0 aliphatic heterocycles. The van der Waals surface area contributed by atoms with Crippen molar-refractivity contribution < 1.29 is 8.91 Å². The van der Waals surface area contributed by atoms with E-state index in [1.54, 1.807) is 6.26 Å². The monoisotopic (exact) mass is 186 g/mol. The zero-order valence-corrected chi connectivity index (χ0v) is 7.18. The molecule has 1 rings (SSSR count). The average Bonchev–Trinajstić information content (AvgIpc) is 2.15. The molecule has 0 fully saturated rings. The Bertz CT molecular complexity index is 394. The fraction of sp³-hybridized carbons (Fsp3) is 0.286. The second kappa shape index (κ2) is 3.53. The molecule has 64 valence electrons. The maximum absolute atomic E-state index is 11.0. The van der Waals surface area contributed by atoms with Crippen LogP contribution in [0.2, 0.25) is 0 Å². The fourth-order valence-electron chi connectivity index (χ4n) is 0.744. The Morgan fingerprint density at radius 3 is 3.08 bits per heavy atom. The lowest BCUT2D eigenvalue weighted by Crippen LogP contribution is -2.15. The summed E-state index contributed by atoms with van der Waals surface area (Å²) in [6, 6.07) is 0. The molecule has 0 aliphatic carbocycles. The van der Waals surface area contributed by atoms with Gasteiger partial charge in [-0.1, -0.05) is 0 Å². The molecule has 0 saturated carbocycles. The molecular formula is C7H9N3OS. The maximum atomic E-state index is 11.0. The first-order valence-corrected chi connectivity index (χ1v) is 4.30. The molecule has 0 saturated heterocycles. The van der Waals surface area contributed by atoms with Crippen molar-refractivity contribution in [1.29, 1.82) is 0 Å². The second-order valence-electron chi connectivity index (χ2n) is 2.00. The van der Waals surface area contributed by atoms with Crippen molar-refractivity contribution in [3.05, 3.63) is 17.5 Å². The zero-order valence-electron chi connectivity index (χ0n) is 9.37. The van der Waals surface area contributed by atoms with E-state index in [-0.39, 0.29) is 16.2 Å². The summed E-state index contributed by atoms with van der Waals surface area (Å²) in [4.78, 5) is 11.2. The lowest BCUT2D eigenvalue weighted by Gasteiger charge is -2.03. The van der Waals surface area contributed by atoms with Crippen LogP contribution >= 0.6 is 11.8 Å². The Morgan fingerprint density at radius 2 is 2.58 bits per heavy atom. The van der Waals surface area contributed by atoms with Crippen LogP contribution in [0.3, 0.4) is 0 Å². The Labute approximate surface area is 78.8 Å². The van der Waals surface area contributed by atoms with Gasteiger partial charge in [-0.15, -0.1) is 16.9 Å². The standard InChI is InChI=1S/C7H9N3OS/c1-4-3-9-10-5(7(8)11)6(4)12-2/h3H,1-2H3,(H2,8,11)/i1D3. The molecule has 1 heterocycles. The number of carbonyl (C=O) groups excluding carboxylic acids is 1. The summed E-state index contributed by atoms with van der Waals surface area (Å²) in [5.41, 5.74) is 4.96. The first-order valence-electron chi connectivity index (χ1n) is 4.58. The number of thioether (sulfide) groups is 1. The Morgan fingerprint density at radius 1 is 1.83 bits per heavy atom. The SMILES string of the molecule is [2H]C([2H])([2H])c1cnnc(C(N)=O)c1SC. The summed E-state index contributed by atoms with van der Waals surface area (Å²) in [6.45, 7) is -2.32. The predicted molar refractivity (Wildman–Crippen MR) is 47.1 cm³/mol. The van der Waals surface area contributed by atoms with Gasteiger partial charge >= 0.3 is 0 Å². The van der Waals surface area contributed by atoms with E-state index in [9.17, 15) is 4.79 Å². The van der Waals surface area contributed by atoms with Crippen LogP contribution in [0.15, 0.2) is 11.1 Å². The highest BCUT2D eigenvalue weighted by Gasteiger charge is 2.11. The minimum absolute atomic E-state index is 0.00111. The lowest BCUT2D eigenvalue weighted by atomic mass is 10.3. The van der Waals surface area contributed by atoms with Crippen molar-refractivity contribution in [1.82, 2.24) is 10.2 Å². The molecule has 0 radical (unpaired) electrons. The minimum atomic E-state index is -2.32. The predicted octanol–water partition coefficient (Wildman–Crippen LogP) is 0.606. The number of primary amides is 1. The third-order valence-corrected chi connectivity index (χ3v) is 2.06. The van der Waals surface area contributed by atoms with E-state index in [1.165, 1.54) is 0 Å². The number of hydrogen-bond acceptors (Lipinski definition) is 4. The second-order valence-corrected chi connectivity index (χ2v) is 2.82. The van der Waals surface area contributed by atoms with Crippen LogP contribution < -0.4 is 5.73 Å². The average molecular weight is 186 g/mol. The summed E-state index contributed by atoms with van der Waals surface area (Å²) in [5, 5.41) is 6.98. The van der Waals surface area contributed by atoms with Gasteiger partial charge in [0.15, 0.2) is 5.69 Å². The quantitative estimate of drug-likeness (QED) is 0.687. The van der Waals surface area contributed by atoms with Crippen LogP contribution in [0.1, 0.15) is 20.2 Å². The molecule has 2 N–H and O–H groups in total. The normalized spacial score (nSPS) is 14.6. The molecule has 0 aliphatic rings. The molecule has 12 heavy (non-hydrogen) atoms. The first-order chi connectivity index (χ1) is 6.88. The molecule has 4 nitrogen and oxygen atoms in total. The van der Waals surface area contributed by atoms with E-state index >= 15 is 0 Å². The smallest absolute Gasteiger partial charge is 0.270 e. The van der Waals surface area contributed by atoms with Gasteiger partial charge in [-0.2, -0.15) is 5.10 Å². The number of aryl methyl sites for hydroxylation is 1. The molecule has 5 heteroatoms. The highest BCUT2D eigenvalue weighted by atomic mass is 32.2. The van der Waals surface area contributed by atoms with Crippen LogP contribution in [0.5, 0.6) is 0 Å². The summed E-state index contributed by atoms with van der Waals surface area (Å²) in [6.07, 6.45) is 2.78. The van der Waals surface area contributed by atoms with Crippen molar-refractivity contribution in [2.24, 2.45) is 5.73 Å². The summed E-state index contributed by atoms with van der Waals surface area (Å²) in [7, 11) is 0. The van der Waals surface area contributed by atoms with E-state index in [1.807, 2.05) is 0 Å². The highest BCUT2D eigenvalue weighted by Crippen LogP contribution is 2.20. The molecule has 1 aromatic heterocycles. The Hall–Kier alpha value is -1.10. The maximum Gasteiger partial charge on any atom is 0.270 e. The van der Waals surface area contributed by atoms with Gasteiger partial charge < -0.3 is 5.73 Å². The van der Waals surface area contributed by atoms with Crippen LogP contribution in [-0.4, -0.2) is 22.4 Å². The number of carbonyl (C=O) groups is 1. The third kappa shape index (κ3) is 1.55. The number of nitrogens with zero attached hydrogens (tertiary/aromatic N) is 2. The number of hydrogen-bond donors (Lipinski definition) is 1. The van der Waals surface area contributed by atoms with E-state index in [4.69, 9.17) is 9.85 Å². The number of rotatable bonds is 2. The van der Waals surface area contributed by atoms with Crippen molar-refractivity contribution in [2.45, 2.75) is 11.7 Å². The number of aromatic nitrogens is 2. The van der Waals surface area contributed by atoms with Gasteiger partial charge in [-0.25, -0.2) is 0 Å². The number of amides is 1. The van der Waals surface area contributed by atoms with Gasteiger partial charge in [0.05, 0.1) is 6.20 Å². The van der Waals surface area contributed by atoms with E-state index in [0.29, 0.717) is 0 Å². The van der Waals surface area contributed by atoms with E-state index in [2.05, 4.69) is 10.2 Å². The molecule has 0 bridgehead atoms. The molecular weight excluding hydrogens is 174 g/mol. The molecule has 0 unspecified atom stereocenters. The molecule has 0 spiro atoms. The molecule has 1 amide bonds. The molecule has 1 aromatic rings. The Kier molecular flexibility index (Phi) is 1.63. The Balaban J connectivity index is 3.42. The van der Waals surface area contributed by atoms with Crippen LogP contribution in [0.25, 0.3) is 0 Å². The fourth-order valence-corrected chi connectivity index (χ4v) is 1.35. The highest BCUT2D eigenvalue weighted by molar-refractivity contribution is 7.98. The lowest BCUT2D eigenvalue weighted by molar-refractivity contribution is 0.0991. The van der Waals surface area contributed by atoms with Crippen molar-refractivity contribution in [2.75, 3.05) is 6.26 Å². The van der Waals surface area contributed by atoms with Gasteiger partial charge in [0.2, 0.25) is 0 Å². The summed E-state index contributed by atoms with van der Waals surface area (Å²) in [5.74, 6) is -0.780. The van der Waals surface area contributed by atoms with Crippen molar-refractivity contribution in [3.8, 4) is 0 Å². The van der Waals surface area contributed by atoms with Crippen molar-refractivity contribution >= 4 is 17.7 Å². The summed E-state index contributed by atoms with van der Waals surface area (Å²) >= 11 is 1.11. The van der Waals surface area contributed by atoms with Crippen LogP contribution in [0.4, 0.5) is 0 Å². The van der Waals surface area contributed by atoms with E-state index < -0.39 is 12.8 Å².